The molecule has 1 aliphatic rings. The van der Waals surface area contributed by atoms with E-state index in [0.717, 1.165) is 17.0 Å². The van der Waals surface area contributed by atoms with Crippen molar-refractivity contribution in [2.24, 2.45) is 0 Å². The lowest BCUT2D eigenvalue weighted by Crippen LogP contribution is -2.32. The van der Waals surface area contributed by atoms with Gasteiger partial charge in [0.05, 0.1) is 13.2 Å². The Bertz CT molecular complexity index is 620. The van der Waals surface area contributed by atoms with Crippen LogP contribution < -0.4 is 10.6 Å². The van der Waals surface area contributed by atoms with Crippen molar-refractivity contribution in [3.05, 3.63) is 60.7 Å². The highest BCUT2D eigenvalue weighted by molar-refractivity contribution is 7.78. The molecule has 1 heterocycles. The van der Waals surface area contributed by atoms with Crippen LogP contribution in [0.1, 0.15) is 19.8 Å². The zero-order valence-electron chi connectivity index (χ0n) is 13.5. The van der Waals surface area contributed by atoms with Crippen LogP contribution in [0.5, 0.6) is 0 Å². The van der Waals surface area contributed by atoms with Gasteiger partial charge in [-0.05, 0) is 6.42 Å². The van der Waals surface area contributed by atoms with Crippen LogP contribution in [0.2, 0.25) is 0 Å². The van der Waals surface area contributed by atoms with Gasteiger partial charge in [0, 0.05) is 23.2 Å². The average Bonchev–Trinajstić information content (AvgIpc) is 3.11. The Morgan fingerprint density at radius 2 is 1.39 bits per heavy atom. The molecule has 0 aliphatic carbocycles. The summed E-state index contributed by atoms with van der Waals surface area (Å²) in [5.41, 5.74) is 0. The van der Waals surface area contributed by atoms with Gasteiger partial charge >= 0.3 is 0 Å². The maximum Gasteiger partial charge on any atom is 0.168 e. The number of hydrogen-bond donors (Lipinski definition) is 0. The van der Waals surface area contributed by atoms with Crippen molar-refractivity contribution < 1.29 is 14.0 Å². The number of ether oxygens (including phenoxy) is 2. The quantitative estimate of drug-likeness (QED) is 0.760. The average molecular weight is 330 g/mol. The minimum absolute atomic E-state index is 0.550. The first-order valence-corrected chi connectivity index (χ1v) is 10.1. The van der Waals surface area contributed by atoms with Gasteiger partial charge in [-0.25, -0.2) is 0 Å². The molecule has 0 amide bonds. The summed E-state index contributed by atoms with van der Waals surface area (Å²) in [5, 5.41) is 1.80. The van der Waals surface area contributed by atoms with Crippen molar-refractivity contribution >= 4 is 17.8 Å². The molecule has 23 heavy (non-hydrogen) atoms. The topological polar surface area (TPSA) is 35.5 Å². The van der Waals surface area contributed by atoms with Crippen molar-refractivity contribution in [2.45, 2.75) is 25.6 Å². The van der Waals surface area contributed by atoms with Gasteiger partial charge in [0.2, 0.25) is 0 Å². The molecule has 2 aromatic carbocycles. The van der Waals surface area contributed by atoms with Crippen LogP contribution in [0.25, 0.3) is 0 Å². The van der Waals surface area contributed by atoms with Crippen LogP contribution in [0.15, 0.2) is 60.7 Å². The van der Waals surface area contributed by atoms with E-state index in [1.165, 1.54) is 0 Å². The van der Waals surface area contributed by atoms with E-state index in [2.05, 4.69) is 6.92 Å². The zero-order chi connectivity index (χ0) is 16.2. The monoisotopic (exact) mass is 330 g/mol. The van der Waals surface area contributed by atoms with Gasteiger partial charge in [-0.2, -0.15) is 0 Å². The Hall–Kier alpha value is -1.41. The van der Waals surface area contributed by atoms with Gasteiger partial charge in [-0.15, -0.1) is 0 Å². The van der Waals surface area contributed by atoms with Gasteiger partial charge in [0.1, 0.15) is 7.14 Å². The Morgan fingerprint density at radius 1 is 0.913 bits per heavy atom. The standard InChI is InChI=1S/C19H23O3P/c1-2-19(21-14-15-22-19)13-16-23(20,17-9-5-3-6-10-17)18-11-7-4-8-12-18/h3-12H,2,13-16H2,1H3. The smallest absolute Gasteiger partial charge is 0.168 e. The summed E-state index contributed by atoms with van der Waals surface area (Å²) in [6.45, 7) is 3.30. The first kappa shape index (κ1) is 16.4. The van der Waals surface area contributed by atoms with E-state index in [-0.39, 0.29) is 0 Å². The van der Waals surface area contributed by atoms with Crippen LogP contribution in [0.3, 0.4) is 0 Å². The van der Waals surface area contributed by atoms with Crippen LogP contribution >= 0.6 is 7.14 Å². The number of rotatable bonds is 6. The molecule has 0 radical (unpaired) electrons. The fourth-order valence-electron chi connectivity index (χ4n) is 3.09. The molecule has 0 unspecified atom stereocenters. The lowest BCUT2D eigenvalue weighted by molar-refractivity contribution is -0.159. The van der Waals surface area contributed by atoms with E-state index in [4.69, 9.17) is 9.47 Å². The van der Waals surface area contributed by atoms with Crippen molar-refractivity contribution in [1.29, 1.82) is 0 Å². The van der Waals surface area contributed by atoms with E-state index in [1.54, 1.807) is 0 Å². The molecule has 0 atom stereocenters. The highest BCUT2D eigenvalue weighted by Gasteiger charge is 2.38. The summed E-state index contributed by atoms with van der Waals surface area (Å²) in [6.07, 6.45) is 1.97. The Balaban J connectivity index is 1.92. The minimum Gasteiger partial charge on any atom is -0.348 e. The molecule has 0 aromatic heterocycles. The molecule has 122 valence electrons. The van der Waals surface area contributed by atoms with Gasteiger partial charge < -0.3 is 14.0 Å². The first-order valence-electron chi connectivity index (χ1n) is 8.17. The van der Waals surface area contributed by atoms with Gasteiger partial charge in [0.15, 0.2) is 5.79 Å². The van der Waals surface area contributed by atoms with E-state index in [9.17, 15) is 4.57 Å². The highest BCUT2D eigenvalue weighted by atomic mass is 31.2. The predicted octanol–water partition coefficient (Wildman–Crippen LogP) is 3.54. The van der Waals surface area contributed by atoms with Crippen LogP contribution in [0.4, 0.5) is 0 Å². The summed E-state index contributed by atoms with van der Waals surface area (Å²) in [7, 11) is -2.69. The normalized spacial score (nSPS) is 17.3. The summed E-state index contributed by atoms with van der Waals surface area (Å²) in [4.78, 5) is 0. The number of hydrogen-bond acceptors (Lipinski definition) is 3. The lowest BCUT2D eigenvalue weighted by Gasteiger charge is -2.28. The third kappa shape index (κ3) is 3.42. The Morgan fingerprint density at radius 3 is 1.83 bits per heavy atom. The van der Waals surface area contributed by atoms with Crippen LogP contribution in [-0.2, 0) is 14.0 Å². The maximum atomic E-state index is 13.9. The fraction of sp³-hybridized carbons (Fsp3) is 0.368. The van der Waals surface area contributed by atoms with Gasteiger partial charge in [-0.1, -0.05) is 67.6 Å². The molecule has 0 N–H and O–H groups in total. The molecule has 1 fully saturated rings. The van der Waals surface area contributed by atoms with Gasteiger partial charge in [0.25, 0.3) is 0 Å². The second-order valence-corrected chi connectivity index (χ2v) is 8.80. The van der Waals surface area contributed by atoms with E-state index in [1.807, 2.05) is 60.7 Å². The largest absolute Gasteiger partial charge is 0.348 e. The lowest BCUT2D eigenvalue weighted by atomic mass is 10.1. The second-order valence-electron chi connectivity index (χ2n) is 5.85. The summed E-state index contributed by atoms with van der Waals surface area (Å²) in [5.74, 6) is -0.570. The van der Waals surface area contributed by atoms with Crippen molar-refractivity contribution in [3.8, 4) is 0 Å². The van der Waals surface area contributed by atoms with Crippen molar-refractivity contribution in [2.75, 3.05) is 19.4 Å². The van der Waals surface area contributed by atoms with Crippen molar-refractivity contribution in [3.63, 3.8) is 0 Å². The molecular formula is C19H23O3P. The maximum absolute atomic E-state index is 13.9. The first-order chi connectivity index (χ1) is 11.2. The molecule has 0 bridgehead atoms. The van der Waals surface area contributed by atoms with E-state index in [0.29, 0.717) is 25.8 Å². The molecule has 2 aromatic rings. The molecule has 0 spiro atoms. The fourth-order valence-corrected chi connectivity index (χ4v) is 5.87. The predicted molar refractivity (Wildman–Crippen MR) is 94.2 cm³/mol. The molecular weight excluding hydrogens is 307 g/mol. The van der Waals surface area contributed by atoms with Gasteiger partial charge in [-0.3, -0.25) is 0 Å². The third-order valence-electron chi connectivity index (χ3n) is 4.51. The van der Waals surface area contributed by atoms with E-state index < -0.39 is 12.9 Å². The summed E-state index contributed by atoms with van der Waals surface area (Å²) in [6, 6.07) is 19.5. The molecule has 4 heteroatoms. The molecule has 1 saturated heterocycles. The summed E-state index contributed by atoms with van der Waals surface area (Å²) < 4.78 is 25.5. The minimum atomic E-state index is -2.69. The molecule has 3 rings (SSSR count). The third-order valence-corrected chi connectivity index (χ3v) is 7.62. The Labute approximate surface area is 138 Å². The highest BCUT2D eigenvalue weighted by Crippen LogP contribution is 2.46. The number of benzene rings is 2. The van der Waals surface area contributed by atoms with E-state index >= 15 is 0 Å². The molecule has 1 aliphatic heterocycles. The molecule has 0 saturated carbocycles. The van der Waals surface area contributed by atoms with Crippen LogP contribution in [0, 0.1) is 0 Å². The molecule has 3 nitrogen and oxygen atoms in total. The SMILES string of the molecule is CCC1(CCP(=O)(c2ccccc2)c2ccccc2)OCCO1. The van der Waals surface area contributed by atoms with Crippen LogP contribution in [-0.4, -0.2) is 25.2 Å². The summed E-state index contributed by atoms with van der Waals surface area (Å²) >= 11 is 0. The zero-order valence-corrected chi connectivity index (χ0v) is 14.4. The van der Waals surface area contributed by atoms with Crippen molar-refractivity contribution in [1.82, 2.24) is 0 Å². The second kappa shape index (κ2) is 7.00. The Kier molecular flexibility index (Phi) is 5.01.